The Bertz CT molecular complexity index is 1210. The van der Waals surface area contributed by atoms with Crippen molar-refractivity contribution in [2.75, 3.05) is 11.4 Å². The highest BCUT2D eigenvalue weighted by molar-refractivity contribution is 5.85. The van der Waals surface area contributed by atoms with Crippen LogP contribution in [0.3, 0.4) is 0 Å². The number of nitrogens with zero attached hydrogens (tertiary/aromatic N) is 5. The molecule has 2 aromatic carbocycles. The molecule has 0 atom stereocenters. The van der Waals surface area contributed by atoms with E-state index in [9.17, 15) is 10.1 Å². The van der Waals surface area contributed by atoms with Crippen LogP contribution in [0.25, 0.3) is 10.9 Å². The average Bonchev–Trinajstić information content (AvgIpc) is 2.75. The van der Waals surface area contributed by atoms with E-state index in [1.54, 1.807) is 11.0 Å². The molecule has 0 unspecified atom stereocenters. The third-order valence-corrected chi connectivity index (χ3v) is 4.62. The second-order valence-corrected chi connectivity index (χ2v) is 6.57. The number of hydrogen-bond donors (Lipinski definition) is 0. The topological polar surface area (TPSA) is 94.3 Å². The molecule has 0 saturated carbocycles. The first-order valence-electron chi connectivity index (χ1n) is 9.44. The minimum absolute atomic E-state index is 0.129. The van der Waals surface area contributed by atoms with E-state index in [1.165, 1.54) is 6.33 Å². The number of benzene rings is 2. The second kappa shape index (κ2) is 8.12. The van der Waals surface area contributed by atoms with Crippen LogP contribution in [0.1, 0.15) is 12.6 Å². The molecule has 150 valence electrons. The molecule has 30 heavy (non-hydrogen) atoms. The minimum Gasteiger partial charge on any atom is -0.431 e. The highest BCUT2D eigenvalue weighted by Crippen LogP contribution is 2.39. The number of anilines is 2. The van der Waals surface area contributed by atoms with Crippen molar-refractivity contribution in [2.45, 2.75) is 13.8 Å². The largest absolute Gasteiger partial charge is 0.431 e. The zero-order chi connectivity index (χ0) is 21.1. The van der Waals surface area contributed by atoms with E-state index in [4.69, 9.17) is 4.74 Å². The summed E-state index contributed by atoms with van der Waals surface area (Å²) in [4.78, 5) is 26.0. The minimum atomic E-state index is -0.514. The number of pyridine rings is 1. The monoisotopic (exact) mass is 401 g/mol. The van der Waals surface area contributed by atoms with E-state index in [0.717, 1.165) is 16.8 Å². The second-order valence-electron chi connectivity index (χ2n) is 6.57. The lowest BCUT2D eigenvalue weighted by molar-refractivity contribution is -0.385. The summed E-state index contributed by atoms with van der Waals surface area (Å²) in [5, 5.41) is 12.9. The van der Waals surface area contributed by atoms with Gasteiger partial charge in [0.2, 0.25) is 5.82 Å². The van der Waals surface area contributed by atoms with Crippen LogP contribution in [0.15, 0.2) is 67.0 Å². The number of ether oxygens (including phenoxy) is 1. The van der Waals surface area contributed by atoms with Gasteiger partial charge in [0.25, 0.3) is 0 Å². The molecular formula is C22H19N5O3. The molecule has 0 aliphatic rings. The van der Waals surface area contributed by atoms with Crippen molar-refractivity contribution < 1.29 is 9.66 Å². The molecular weight excluding hydrogens is 382 g/mol. The SMILES string of the molecule is CCN(c1ccccc1)c1ncnc(Oc2cccc3ccc(C)nc23)c1[N+](=O)[O-]. The number of hydrogen-bond acceptors (Lipinski definition) is 7. The maximum absolute atomic E-state index is 12.0. The zero-order valence-electron chi connectivity index (χ0n) is 16.5. The molecule has 2 heterocycles. The Morgan fingerprint density at radius 3 is 2.57 bits per heavy atom. The summed E-state index contributed by atoms with van der Waals surface area (Å²) in [6.07, 6.45) is 1.27. The first-order chi connectivity index (χ1) is 14.6. The van der Waals surface area contributed by atoms with Gasteiger partial charge in [-0.1, -0.05) is 36.4 Å². The quantitative estimate of drug-likeness (QED) is 0.324. The summed E-state index contributed by atoms with van der Waals surface area (Å²) < 4.78 is 5.93. The molecule has 0 spiro atoms. The molecule has 0 bridgehead atoms. The van der Waals surface area contributed by atoms with E-state index >= 15 is 0 Å². The normalized spacial score (nSPS) is 10.7. The van der Waals surface area contributed by atoms with Gasteiger partial charge in [0.15, 0.2) is 5.75 Å². The molecule has 0 N–H and O–H groups in total. The van der Waals surface area contributed by atoms with E-state index in [2.05, 4.69) is 15.0 Å². The molecule has 8 nitrogen and oxygen atoms in total. The molecule has 0 saturated heterocycles. The average molecular weight is 401 g/mol. The van der Waals surface area contributed by atoms with Gasteiger partial charge in [0.1, 0.15) is 11.8 Å². The van der Waals surface area contributed by atoms with Crippen LogP contribution >= 0.6 is 0 Å². The summed E-state index contributed by atoms with van der Waals surface area (Å²) >= 11 is 0. The van der Waals surface area contributed by atoms with Gasteiger partial charge in [0, 0.05) is 23.3 Å². The van der Waals surface area contributed by atoms with Gasteiger partial charge in [-0.2, -0.15) is 4.98 Å². The Kier molecular flexibility index (Phi) is 5.21. The number of fused-ring (bicyclic) bond motifs is 1. The third kappa shape index (κ3) is 3.62. The first kappa shape index (κ1) is 19.3. The lowest BCUT2D eigenvalue weighted by Gasteiger charge is -2.22. The molecule has 2 aromatic heterocycles. The van der Waals surface area contributed by atoms with Crippen LogP contribution in [0.4, 0.5) is 17.2 Å². The van der Waals surface area contributed by atoms with Crippen molar-refractivity contribution in [3.8, 4) is 11.6 Å². The van der Waals surface area contributed by atoms with Gasteiger partial charge >= 0.3 is 11.6 Å². The smallest absolute Gasteiger partial charge is 0.373 e. The lowest BCUT2D eigenvalue weighted by Crippen LogP contribution is -2.19. The molecule has 0 amide bonds. The first-order valence-corrected chi connectivity index (χ1v) is 9.44. The standard InChI is InChI=1S/C22H19N5O3/c1-3-26(17-9-5-4-6-10-17)21-20(27(28)29)22(24-14-23-21)30-18-11-7-8-16-13-12-15(2)25-19(16)18/h4-14H,3H2,1-2H3. The Morgan fingerprint density at radius 2 is 1.83 bits per heavy atom. The fourth-order valence-corrected chi connectivity index (χ4v) is 3.25. The van der Waals surface area contributed by atoms with Crippen molar-refractivity contribution >= 4 is 28.1 Å². The van der Waals surface area contributed by atoms with Crippen molar-refractivity contribution in [3.05, 3.63) is 82.8 Å². The summed E-state index contributed by atoms with van der Waals surface area (Å²) in [7, 11) is 0. The Hall–Kier alpha value is -4.07. The van der Waals surface area contributed by atoms with Crippen molar-refractivity contribution in [3.63, 3.8) is 0 Å². The Labute approximate surface area is 173 Å². The summed E-state index contributed by atoms with van der Waals surface area (Å²) in [5.74, 6) is 0.435. The molecule has 0 aliphatic heterocycles. The summed E-state index contributed by atoms with van der Waals surface area (Å²) in [5.41, 5.74) is 1.92. The van der Waals surface area contributed by atoms with E-state index in [0.29, 0.717) is 17.8 Å². The predicted molar refractivity (Wildman–Crippen MR) is 114 cm³/mol. The molecule has 4 rings (SSSR count). The highest BCUT2D eigenvalue weighted by atomic mass is 16.6. The van der Waals surface area contributed by atoms with E-state index in [1.807, 2.05) is 68.4 Å². The maximum atomic E-state index is 12.0. The number of para-hydroxylation sites is 2. The van der Waals surface area contributed by atoms with Crippen molar-refractivity contribution in [1.29, 1.82) is 0 Å². The van der Waals surface area contributed by atoms with Gasteiger partial charge in [-0.3, -0.25) is 10.1 Å². The summed E-state index contributed by atoms with van der Waals surface area (Å²) in [6.45, 7) is 4.26. The van der Waals surface area contributed by atoms with Crippen LogP contribution in [0.2, 0.25) is 0 Å². The fraction of sp³-hybridized carbons (Fsp3) is 0.136. The van der Waals surface area contributed by atoms with Crippen LogP contribution in [-0.2, 0) is 0 Å². The lowest BCUT2D eigenvalue weighted by atomic mass is 10.2. The number of rotatable bonds is 6. The van der Waals surface area contributed by atoms with Crippen LogP contribution in [-0.4, -0.2) is 26.4 Å². The molecule has 8 heteroatoms. The van der Waals surface area contributed by atoms with Gasteiger partial charge in [-0.05, 0) is 38.1 Å². The van der Waals surface area contributed by atoms with Crippen LogP contribution in [0, 0.1) is 17.0 Å². The van der Waals surface area contributed by atoms with E-state index < -0.39 is 4.92 Å². The molecule has 4 aromatic rings. The molecule has 0 radical (unpaired) electrons. The zero-order valence-corrected chi connectivity index (χ0v) is 16.5. The maximum Gasteiger partial charge on any atom is 0.373 e. The number of aryl methyl sites for hydroxylation is 1. The predicted octanol–water partition coefficient (Wildman–Crippen LogP) is 5.19. The van der Waals surface area contributed by atoms with Gasteiger partial charge in [-0.25, -0.2) is 9.97 Å². The highest BCUT2D eigenvalue weighted by Gasteiger charge is 2.29. The third-order valence-electron chi connectivity index (χ3n) is 4.62. The van der Waals surface area contributed by atoms with Gasteiger partial charge < -0.3 is 9.64 Å². The fourth-order valence-electron chi connectivity index (χ4n) is 3.25. The Balaban J connectivity index is 1.83. The van der Waals surface area contributed by atoms with Crippen LogP contribution in [0.5, 0.6) is 11.6 Å². The van der Waals surface area contributed by atoms with Crippen molar-refractivity contribution in [2.24, 2.45) is 0 Å². The molecule has 0 fully saturated rings. The van der Waals surface area contributed by atoms with Gasteiger partial charge in [-0.15, -0.1) is 0 Å². The Morgan fingerprint density at radius 1 is 1.03 bits per heavy atom. The van der Waals surface area contributed by atoms with Gasteiger partial charge in [0.05, 0.1) is 4.92 Å². The number of nitro groups is 1. The summed E-state index contributed by atoms with van der Waals surface area (Å²) in [6, 6.07) is 18.6. The molecule has 0 aliphatic carbocycles. The van der Waals surface area contributed by atoms with Crippen LogP contribution < -0.4 is 9.64 Å². The van der Waals surface area contributed by atoms with Crippen molar-refractivity contribution in [1.82, 2.24) is 15.0 Å². The van der Waals surface area contributed by atoms with E-state index in [-0.39, 0.29) is 17.4 Å². The number of aromatic nitrogens is 3.